The Labute approximate surface area is 326 Å². The number of aryl methyl sites for hydroxylation is 1. The summed E-state index contributed by atoms with van der Waals surface area (Å²) in [6.07, 6.45) is 12.0. The van der Waals surface area contributed by atoms with Crippen molar-refractivity contribution in [3.63, 3.8) is 0 Å². The molecule has 0 radical (unpaired) electrons. The van der Waals surface area contributed by atoms with Crippen LogP contribution < -0.4 is 14.8 Å². The van der Waals surface area contributed by atoms with Crippen molar-refractivity contribution in [1.29, 1.82) is 0 Å². The molecule has 300 valence electrons. The summed E-state index contributed by atoms with van der Waals surface area (Å²) in [4.78, 5) is 63.2. The largest absolute Gasteiger partial charge is 0.483 e. The highest BCUT2D eigenvalue weighted by atomic mass is 32.2. The van der Waals surface area contributed by atoms with Crippen molar-refractivity contribution >= 4 is 44.6 Å². The van der Waals surface area contributed by atoms with Crippen LogP contribution in [0.4, 0.5) is 9.18 Å². The number of nitrogens with zero attached hydrogens (tertiary/aromatic N) is 2. The highest BCUT2D eigenvalue weighted by molar-refractivity contribution is 7.91. The molecule has 3 amide bonds. The zero-order valence-electron chi connectivity index (χ0n) is 32.2. The van der Waals surface area contributed by atoms with Crippen molar-refractivity contribution in [2.75, 3.05) is 6.54 Å². The molecule has 4 saturated carbocycles. The maximum absolute atomic E-state index is 15.1. The van der Waals surface area contributed by atoms with E-state index in [9.17, 15) is 27.6 Å². The number of Topliss-reactive ketones (excluding diaryl/α,β-unsaturated/α-hetero) is 1. The van der Waals surface area contributed by atoms with Crippen molar-refractivity contribution in [1.82, 2.24) is 19.9 Å². The zero-order valence-corrected chi connectivity index (χ0v) is 33.0. The normalized spacial score (nSPS) is 32.5. The fourth-order valence-corrected chi connectivity index (χ4v) is 10.5. The maximum Gasteiger partial charge on any atom is 0.408 e. The number of ether oxygens (including phenoxy) is 2. The second kappa shape index (κ2) is 13.2. The van der Waals surface area contributed by atoms with Gasteiger partial charge in [-0.2, -0.15) is 0 Å². The molecule has 1 saturated heterocycles. The van der Waals surface area contributed by atoms with Crippen molar-refractivity contribution < 1.29 is 41.5 Å². The number of benzene rings is 1. The summed E-state index contributed by atoms with van der Waals surface area (Å²) in [5, 5.41) is 3.53. The smallest absolute Gasteiger partial charge is 0.408 e. The van der Waals surface area contributed by atoms with E-state index in [4.69, 9.17) is 14.5 Å². The molecular formula is C42H51FN4O8S. The first kappa shape index (κ1) is 37.5. The molecule has 3 aliphatic heterocycles. The van der Waals surface area contributed by atoms with E-state index < -0.39 is 67.2 Å². The molecule has 1 aromatic carbocycles. The summed E-state index contributed by atoms with van der Waals surface area (Å²) in [6.45, 7) is 3.53. The average molecular weight is 791 g/mol. The van der Waals surface area contributed by atoms with E-state index in [1.807, 2.05) is 25.1 Å². The number of rotatable bonds is 6. The minimum atomic E-state index is -3.96. The van der Waals surface area contributed by atoms with Gasteiger partial charge < -0.3 is 19.7 Å². The van der Waals surface area contributed by atoms with Crippen LogP contribution in [0.3, 0.4) is 0 Å². The molecule has 14 heteroatoms. The van der Waals surface area contributed by atoms with Gasteiger partial charge in [0.15, 0.2) is 5.78 Å². The van der Waals surface area contributed by atoms with E-state index in [1.165, 1.54) is 11.0 Å². The number of hydrogen-bond acceptors (Lipinski definition) is 9. The number of hydrogen-bond donors (Lipinski definition) is 2. The predicted molar refractivity (Wildman–Crippen MR) is 204 cm³/mol. The monoisotopic (exact) mass is 790 g/mol. The Kier molecular flexibility index (Phi) is 8.87. The molecule has 9 rings (SSSR count). The second-order valence-electron chi connectivity index (χ2n) is 18.3. The lowest BCUT2D eigenvalue weighted by molar-refractivity contribution is -0.140. The lowest BCUT2D eigenvalue weighted by Crippen LogP contribution is -2.53. The fraction of sp³-hybridized carbons (Fsp3) is 0.643. The molecule has 5 fully saturated rings. The molecule has 0 unspecified atom stereocenters. The zero-order chi connectivity index (χ0) is 39.3. The number of halogens is 1. The van der Waals surface area contributed by atoms with Gasteiger partial charge in [-0.15, -0.1) is 0 Å². The van der Waals surface area contributed by atoms with E-state index >= 15 is 4.39 Å². The number of ketones is 1. The van der Waals surface area contributed by atoms with Crippen LogP contribution in [0.1, 0.15) is 127 Å². The SMILES string of the molecule is CC1(OC(=O)N[C@@H]2CCCCC/C=C\[C@@H]3C[C@@]3(C(=O)NS(=O)(=O)C3(C)CC3)CC(=O)[C@@H]3C[C@]4(CCc5c(c(C6CC6)nc6c(F)cccc56)O4)CN3C2=O)CC1. The summed E-state index contributed by atoms with van der Waals surface area (Å²) in [5.41, 5.74) is -0.942. The number of sulfonamides is 1. The van der Waals surface area contributed by atoms with Gasteiger partial charge in [0.2, 0.25) is 21.8 Å². The standard InChI is InChI=1S/C42H51FN4O8S/c1-39(17-18-39)55-38(51)44-30-12-7-5-3-4-6-9-26-21-42(26,37(50)46-56(52,53)40(2)19-20-40)23-32(48)31-22-41(24-47(31)36(30)49)16-15-28-27-10-8-11-29(43)34(27)45-33(25-13-14-25)35(28)54-41/h6,8-11,25-26,30-31H,3-5,7,12-24H2,1-2H3,(H,44,51)(H,46,50)/b9-6-/t26-,30-,31+,41-,42-/m1/s1. The van der Waals surface area contributed by atoms with Crippen LogP contribution in [0.15, 0.2) is 30.4 Å². The topological polar surface area (TPSA) is 161 Å². The summed E-state index contributed by atoms with van der Waals surface area (Å²) in [5.74, 6) is -1.46. The Bertz CT molecular complexity index is 2160. The van der Waals surface area contributed by atoms with Gasteiger partial charge in [0.25, 0.3) is 0 Å². The minimum absolute atomic E-state index is 0.0627. The fourth-order valence-electron chi connectivity index (χ4n) is 9.19. The van der Waals surface area contributed by atoms with Gasteiger partial charge in [0.1, 0.15) is 34.3 Å². The molecule has 1 aromatic heterocycles. The van der Waals surface area contributed by atoms with E-state index in [0.29, 0.717) is 67.3 Å². The molecule has 4 aliphatic carbocycles. The number of pyridine rings is 1. The van der Waals surface area contributed by atoms with Gasteiger partial charge in [-0.05, 0) is 103 Å². The third kappa shape index (κ3) is 6.76. The molecule has 12 nitrogen and oxygen atoms in total. The van der Waals surface area contributed by atoms with Crippen molar-refractivity contribution in [3.05, 3.63) is 47.4 Å². The van der Waals surface area contributed by atoms with Gasteiger partial charge in [-0.25, -0.2) is 22.6 Å². The van der Waals surface area contributed by atoms with Crippen molar-refractivity contribution in [2.24, 2.45) is 11.3 Å². The highest BCUT2D eigenvalue weighted by Crippen LogP contribution is 2.58. The lowest BCUT2D eigenvalue weighted by Gasteiger charge is -2.37. The van der Waals surface area contributed by atoms with Crippen molar-refractivity contribution in [2.45, 2.75) is 151 Å². The van der Waals surface area contributed by atoms with Crippen LogP contribution in [-0.2, 0) is 35.6 Å². The maximum atomic E-state index is 15.1. The van der Waals surface area contributed by atoms with Crippen LogP contribution in [0.5, 0.6) is 5.75 Å². The molecule has 2 N–H and O–H groups in total. The number of allylic oxidation sites excluding steroid dienone is 2. The average Bonchev–Trinajstić information content (AvgIpc) is 3.97. The quantitative estimate of drug-likeness (QED) is 0.332. The number of amides is 3. The summed E-state index contributed by atoms with van der Waals surface area (Å²) < 4.78 is 55.6. The van der Waals surface area contributed by atoms with Crippen LogP contribution in [-0.4, -0.2) is 76.6 Å². The van der Waals surface area contributed by atoms with E-state index in [0.717, 1.165) is 50.5 Å². The first-order valence-electron chi connectivity index (χ1n) is 20.5. The van der Waals surface area contributed by atoms with Gasteiger partial charge in [0, 0.05) is 29.7 Å². The van der Waals surface area contributed by atoms with Crippen LogP contribution >= 0.6 is 0 Å². The summed E-state index contributed by atoms with van der Waals surface area (Å²) >= 11 is 0. The van der Waals surface area contributed by atoms with Crippen LogP contribution in [0.2, 0.25) is 0 Å². The minimum Gasteiger partial charge on any atom is -0.483 e. The molecule has 56 heavy (non-hydrogen) atoms. The number of aromatic nitrogens is 1. The first-order valence-corrected chi connectivity index (χ1v) is 22.0. The number of para-hydroxylation sites is 1. The van der Waals surface area contributed by atoms with E-state index in [-0.39, 0.29) is 37.0 Å². The molecule has 2 aromatic rings. The summed E-state index contributed by atoms with van der Waals surface area (Å²) in [6, 6.07) is 2.95. The molecule has 1 spiro atoms. The Morgan fingerprint density at radius 3 is 2.54 bits per heavy atom. The third-order valence-electron chi connectivity index (χ3n) is 13.7. The Hall–Kier alpha value is -4.07. The first-order chi connectivity index (χ1) is 26.6. The third-order valence-corrected chi connectivity index (χ3v) is 15.9. The van der Waals surface area contributed by atoms with Crippen LogP contribution in [0.25, 0.3) is 10.9 Å². The molecule has 0 bridgehead atoms. The second-order valence-corrected chi connectivity index (χ2v) is 20.5. The molecular weight excluding hydrogens is 740 g/mol. The van der Waals surface area contributed by atoms with E-state index in [1.54, 1.807) is 13.0 Å². The number of nitrogens with one attached hydrogen (secondary N) is 2. The molecule has 5 atom stereocenters. The van der Waals surface area contributed by atoms with Crippen molar-refractivity contribution in [3.8, 4) is 5.75 Å². The van der Waals surface area contributed by atoms with Crippen LogP contribution in [0, 0.1) is 17.2 Å². The number of carbonyl (C=O) groups is 4. The Morgan fingerprint density at radius 2 is 1.80 bits per heavy atom. The molecule has 7 aliphatic rings. The summed E-state index contributed by atoms with van der Waals surface area (Å²) in [7, 11) is -3.96. The van der Waals surface area contributed by atoms with E-state index in [2.05, 4.69) is 10.0 Å². The predicted octanol–water partition coefficient (Wildman–Crippen LogP) is 6.05. The number of alkyl carbamates (subject to hydrolysis) is 1. The van der Waals surface area contributed by atoms with Gasteiger partial charge >= 0.3 is 6.09 Å². The molecule has 4 heterocycles. The highest BCUT2D eigenvalue weighted by Gasteiger charge is 2.63. The Morgan fingerprint density at radius 1 is 1.02 bits per heavy atom. The van der Waals surface area contributed by atoms with Gasteiger partial charge in [0.05, 0.1) is 28.4 Å². The van der Waals surface area contributed by atoms with Gasteiger partial charge in [-0.1, -0.05) is 37.1 Å². The van der Waals surface area contributed by atoms with Gasteiger partial charge in [-0.3, -0.25) is 19.1 Å². The lowest BCUT2D eigenvalue weighted by atomic mass is 9.85. The Balaban J connectivity index is 1.06. The number of fused-ring (bicyclic) bond motifs is 5. The number of carbonyl (C=O) groups excluding carboxylic acids is 4.